The van der Waals surface area contributed by atoms with Gasteiger partial charge in [-0.15, -0.1) is 0 Å². The summed E-state index contributed by atoms with van der Waals surface area (Å²) in [6.45, 7) is 2.23. The van der Waals surface area contributed by atoms with E-state index in [2.05, 4.69) is 36.0 Å². The Morgan fingerprint density at radius 2 is 1.29 bits per heavy atom. The Balaban J connectivity index is 3.18. The first-order chi connectivity index (χ1) is 10.3. The monoisotopic (exact) mass is 294 g/mol. The molecule has 122 valence electrons. The van der Waals surface area contributed by atoms with Crippen molar-refractivity contribution in [1.29, 1.82) is 0 Å². The van der Waals surface area contributed by atoms with E-state index in [1.54, 1.807) is 0 Å². The van der Waals surface area contributed by atoms with Crippen LogP contribution in [0.4, 0.5) is 0 Å². The van der Waals surface area contributed by atoms with Gasteiger partial charge in [0.05, 0.1) is 7.11 Å². The third-order valence-corrected chi connectivity index (χ3v) is 3.54. The van der Waals surface area contributed by atoms with Crippen LogP contribution in [0.2, 0.25) is 0 Å². The number of methoxy groups -OCH3 is 1. The lowest BCUT2D eigenvalue weighted by Gasteiger charge is -2.00. The molecule has 0 aliphatic rings. The summed E-state index contributed by atoms with van der Waals surface area (Å²) in [5.41, 5.74) is 0. The smallest absolute Gasteiger partial charge is 0.305 e. The first kappa shape index (κ1) is 19.9. The molecule has 0 bridgehead atoms. The van der Waals surface area contributed by atoms with E-state index in [9.17, 15) is 4.79 Å². The first-order valence-electron chi connectivity index (χ1n) is 8.68. The van der Waals surface area contributed by atoms with E-state index < -0.39 is 0 Å². The molecule has 21 heavy (non-hydrogen) atoms. The van der Waals surface area contributed by atoms with E-state index in [1.807, 2.05) is 0 Å². The summed E-state index contributed by atoms with van der Waals surface area (Å²) in [5, 5.41) is 0. The van der Waals surface area contributed by atoms with Crippen LogP contribution in [-0.4, -0.2) is 13.1 Å². The van der Waals surface area contributed by atoms with Crippen LogP contribution in [0, 0.1) is 0 Å². The molecule has 0 saturated heterocycles. The molecular weight excluding hydrogens is 260 g/mol. The fourth-order valence-corrected chi connectivity index (χ4v) is 2.15. The molecule has 0 spiro atoms. The molecule has 0 fully saturated rings. The van der Waals surface area contributed by atoms with Gasteiger partial charge in [-0.3, -0.25) is 4.79 Å². The molecule has 0 amide bonds. The number of hydrogen-bond acceptors (Lipinski definition) is 2. The molecule has 0 saturated carbocycles. The Morgan fingerprint density at radius 3 is 1.90 bits per heavy atom. The molecule has 0 heterocycles. The van der Waals surface area contributed by atoms with E-state index in [0.29, 0.717) is 6.42 Å². The van der Waals surface area contributed by atoms with Gasteiger partial charge < -0.3 is 4.74 Å². The Labute approximate surface area is 131 Å². The van der Waals surface area contributed by atoms with Gasteiger partial charge in [0.15, 0.2) is 0 Å². The van der Waals surface area contributed by atoms with E-state index in [4.69, 9.17) is 0 Å². The molecule has 0 aromatic carbocycles. The Hall–Kier alpha value is -1.05. The molecule has 0 aromatic heterocycles. The van der Waals surface area contributed by atoms with Gasteiger partial charge in [0.1, 0.15) is 0 Å². The lowest BCUT2D eigenvalue weighted by molar-refractivity contribution is -0.140. The van der Waals surface area contributed by atoms with Crippen molar-refractivity contribution in [1.82, 2.24) is 0 Å². The van der Waals surface area contributed by atoms with Gasteiger partial charge in [-0.2, -0.15) is 0 Å². The topological polar surface area (TPSA) is 26.3 Å². The van der Waals surface area contributed by atoms with Crippen LogP contribution < -0.4 is 0 Å². The third kappa shape index (κ3) is 16.9. The van der Waals surface area contributed by atoms with Crippen molar-refractivity contribution in [3.8, 4) is 0 Å². The minimum atomic E-state index is -0.0818. The zero-order chi connectivity index (χ0) is 15.6. The summed E-state index contributed by atoms with van der Waals surface area (Å²) in [5.74, 6) is -0.0818. The van der Waals surface area contributed by atoms with Gasteiger partial charge in [0.2, 0.25) is 0 Å². The van der Waals surface area contributed by atoms with Crippen molar-refractivity contribution in [3.63, 3.8) is 0 Å². The molecule has 0 radical (unpaired) electrons. The van der Waals surface area contributed by atoms with Gasteiger partial charge in [-0.1, -0.05) is 63.3 Å². The molecule has 2 nitrogen and oxygen atoms in total. The molecule has 2 heteroatoms. The second kappa shape index (κ2) is 17.0. The highest BCUT2D eigenvalue weighted by Crippen LogP contribution is 2.08. The summed E-state index contributed by atoms with van der Waals surface area (Å²) in [6, 6.07) is 0. The summed E-state index contributed by atoms with van der Waals surface area (Å²) in [6.07, 6.45) is 23.0. The number of esters is 1. The molecule has 0 aliphatic carbocycles. The van der Waals surface area contributed by atoms with Crippen LogP contribution in [0.15, 0.2) is 24.3 Å². The summed E-state index contributed by atoms with van der Waals surface area (Å²) < 4.78 is 4.62. The predicted molar refractivity (Wildman–Crippen MR) is 91.4 cm³/mol. The van der Waals surface area contributed by atoms with Gasteiger partial charge >= 0.3 is 5.97 Å². The zero-order valence-electron chi connectivity index (χ0n) is 14.1. The van der Waals surface area contributed by atoms with E-state index in [-0.39, 0.29) is 5.97 Å². The molecule has 0 atom stereocenters. The summed E-state index contributed by atoms with van der Waals surface area (Å²) >= 11 is 0. The third-order valence-electron chi connectivity index (χ3n) is 3.54. The van der Waals surface area contributed by atoms with Crippen LogP contribution in [-0.2, 0) is 9.53 Å². The SMILES string of the molecule is CCCCC=CCCC=CCCCCCCCC(=O)OC. The van der Waals surface area contributed by atoms with Gasteiger partial charge in [0, 0.05) is 6.42 Å². The van der Waals surface area contributed by atoms with Crippen molar-refractivity contribution >= 4 is 5.97 Å². The highest BCUT2D eigenvalue weighted by Gasteiger charge is 1.98. The highest BCUT2D eigenvalue weighted by molar-refractivity contribution is 5.68. The van der Waals surface area contributed by atoms with Gasteiger partial charge in [-0.05, 0) is 38.5 Å². The number of unbranched alkanes of at least 4 members (excludes halogenated alkanes) is 8. The normalized spacial score (nSPS) is 11.5. The van der Waals surface area contributed by atoms with E-state index >= 15 is 0 Å². The van der Waals surface area contributed by atoms with Crippen molar-refractivity contribution in [3.05, 3.63) is 24.3 Å². The summed E-state index contributed by atoms with van der Waals surface area (Å²) in [7, 11) is 1.45. The van der Waals surface area contributed by atoms with Crippen molar-refractivity contribution in [2.75, 3.05) is 7.11 Å². The molecule has 0 aromatic rings. The minimum absolute atomic E-state index is 0.0818. The lowest BCUT2D eigenvalue weighted by atomic mass is 10.1. The number of hydrogen-bond donors (Lipinski definition) is 0. The second-order valence-corrected chi connectivity index (χ2v) is 5.54. The standard InChI is InChI=1S/C19H34O2/c1-3-4-5-6-7-8-9-10-11-12-13-14-15-16-17-18-19(20)21-2/h6-7,10-11H,3-5,8-9,12-18H2,1-2H3. The first-order valence-corrected chi connectivity index (χ1v) is 8.68. The Morgan fingerprint density at radius 1 is 0.762 bits per heavy atom. The van der Waals surface area contributed by atoms with Crippen molar-refractivity contribution in [2.24, 2.45) is 0 Å². The number of carbonyl (C=O) groups excluding carboxylic acids is 1. The quantitative estimate of drug-likeness (QED) is 0.224. The number of ether oxygens (including phenoxy) is 1. The Kier molecular flexibility index (Phi) is 16.2. The van der Waals surface area contributed by atoms with E-state index in [0.717, 1.165) is 12.8 Å². The zero-order valence-corrected chi connectivity index (χ0v) is 14.1. The molecule has 0 rings (SSSR count). The second-order valence-electron chi connectivity index (χ2n) is 5.54. The maximum atomic E-state index is 10.9. The fraction of sp³-hybridized carbons (Fsp3) is 0.737. The molecule has 0 unspecified atom stereocenters. The van der Waals surface area contributed by atoms with Crippen LogP contribution in [0.1, 0.15) is 84.0 Å². The fourth-order valence-electron chi connectivity index (χ4n) is 2.15. The van der Waals surface area contributed by atoms with Crippen LogP contribution in [0.25, 0.3) is 0 Å². The van der Waals surface area contributed by atoms with Gasteiger partial charge in [0.25, 0.3) is 0 Å². The Bertz CT molecular complexity index is 279. The van der Waals surface area contributed by atoms with Crippen LogP contribution in [0.3, 0.4) is 0 Å². The van der Waals surface area contributed by atoms with E-state index in [1.165, 1.54) is 64.9 Å². The molecule has 0 N–H and O–H groups in total. The van der Waals surface area contributed by atoms with Crippen molar-refractivity contribution < 1.29 is 9.53 Å². The van der Waals surface area contributed by atoms with Gasteiger partial charge in [-0.25, -0.2) is 0 Å². The number of rotatable bonds is 14. The minimum Gasteiger partial charge on any atom is -0.469 e. The lowest BCUT2D eigenvalue weighted by Crippen LogP contribution is -1.98. The highest BCUT2D eigenvalue weighted by atomic mass is 16.5. The number of allylic oxidation sites excluding steroid dienone is 4. The van der Waals surface area contributed by atoms with Crippen molar-refractivity contribution in [2.45, 2.75) is 84.0 Å². The average Bonchev–Trinajstić information content (AvgIpc) is 2.50. The van der Waals surface area contributed by atoms with Crippen LogP contribution in [0.5, 0.6) is 0 Å². The maximum Gasteiger partial charge on any atom is 0.305 e. The largest absolute Gasteiger partial charge is 0.469 e. The van der Waals surface area contributed by atoms with Crippen LogP contribution >= 0.6 is 0 Å². The maximum absolute atomic E-state index is 10.9. The molecular formula is C19H34O2. The average molecular weight is 294 g/mol. The summed E-state index contributed by atoms with van der Waals surface area (Å²) in [4.78, 5) is 10.9. The number of carbonyl (C=O) groups is 1. The predicted octanol–water partition coefficient (Wildman–Crippen LogP) is 5.97. The molecule has 0 aliphatic heterocycles.